The number of fused-ring (bicyclic) bond motifs is 1. The van der Waals surface area contributed by atoms with Crippen LogP contribution in [-0.2, 0) is 11.3 Å². The second-order valence-corrected chi connectivity index (χ2v) is 8.65. The second kappa shape index (κ2) is 9.17. The average Bonchev–Trinajstić information content (AvgIpc) is 3.01. The van der Waals surface area contributed by atoms with E-state index in [1.807, 2.05) is 84.3 Å². The highest BCUT2D eigenvalue weighted by Gasteiger charge is 2.25. The Kier molecular flexibility index (Phi) is 6.38. The summed E-state index contributed by atoms with van der Waals surface area (Å²) in [5.41, 5.74) is 2.43. The van der Waals surface area contributed by atoms with E-state index < -0.39 is 0 Å². The first kappa shape index (κ1) is 20.9. The molecule has 0 amide bonds. The predicted octanol–water partition coefficient (Wildman–Crippen LogP) is 7.32. The van der Waals surface area contributed by atoms with Crippen LogP contribution in [0.25, 0.3) is 10.9 Å². The smallest absolute Gasteiger partial charge is 0.356 e. The molecular weight excluding hydrogens is 437 g/mol. The molecule has 0 atom stereocenters. The van der Waals surface area contributed by atoms with Gasteiger partial charge in [0.15, 0.2) is 0 Å². The molecule has 3 nitrogen and oxygen atoms in total. The van der Waals surface area contributed by atoms with Crippen molar-refractivity contribution >= 4 is 51.8 Å². The summed E-state index contributed by atoms with van der Waals surface area (Å²) >= 11 is 14.1. The van der Waals surface area contributed by atoms with Gasteiger partial charge in [0, 0.05) is 26.9 Å². The van der Waals surface area contributed by atoms with Crippen LogP contribution in [0.1, 0.15) is 23.0 Å². The minimum absolute atomic E-state index is 0.299. The van der Waals surface area contributed by atoms with Gasteiger partial charge in [0.25, 0.3) is 0 Å². The van der Waals surface area contributed by atoms with Gasteiger partial charge in [-0.05, 0) is 55.0 Å². The molecule has 3 aromatic carbocycles. The summed E-state index contributed by atoms with van der Waals surface area (Å²) in [7, 11) is 0. The minimum atomic E-state index is -0.356. The highest BCUT2D eigenvalue weighted by molar-refractivity contribution is 7.99. The molecule has 0 N–H and O–H groups in total. The Morgan fingerprint density at radius 1 is 0.967 bits per heavy atom. The number of nitrogens with zero attached hydrogens (tertiary/aromatic N) is 1. The lowest BCUT2D eigenvalue weighted by molar-refractivity contribution is 0.0510. The number of ether oxygens (including phenoxy) is 1. The number of aromatic nitrogens is 1. The summed E-state index contributed by atoms with van der Waals surface area (Å²) in [6, 6.07) is 23.3. The zero-order valence-electron chi connectivity index (χ0n) is 16.3. The van der Waals surface area contributed by atoms with Gasteiger partial charge in [0.1, 0.15) is 5.69 Å². The molecule has 0 saturated heterocycles. The fourth-order valence-electron chi connectivity index (χ4n) is 3.39. The Labute approximate surface area is 189 Å². The predicted molar refractivity (Wildman–Crippen MR) is 124 cm³/mol. The van der Waals surface area contributed by atoms with Crippen LogP contribution in [0.15, 0.2) is 82.6 Å². The van der Waals surface area contributed by atoms with Crippen LogP contribution in [0, 0.1) is 0 Å². The van der Waals surface area contributed by atoms with E-state index in [1.54, 1.807) is 0 Å². The van der Waals surface area contributed by atoms with Crippen molar-refractivity contribution in [2.75, 3.05) is 6.61 Å². The first-order valence-corrected chi connectivity index (χ1v) is 11.1. The summed E-state index contributed by atoms with van der Waals surface area (Å²) < 4.78 is 7.42. The van der Waals surface area contributed by atoms with Gasteiger partial charge in [-0.1, -0.05) is 65.3 Å². The summed E-state index contributed by atoms with van der Waals surface area (Å²) in [6.07, 6.45) is 0. The third-order valence-corrected chi connectivity index (χ3v) is 6.24. The minimum Gasteiger partial charge on any atom is -0.461 e. The van der Waals surface area contributed by atoms with Gasteiger partial charge >= 0.3 is 5.97 Å². The quantitative estimate of drug-likeness (QED) is 0.285. The molecule has 0 radical (unpaired) electrons. The van der Waals surface area contributed by atoms with Gasteiger partial charge in [0.2, 0.25) is 0 Å². The Morgan fingerprint density at radius 2 is 1.73 bits per heavy atom. The third kappa shape index (κ3) is 4.36. The van der Waals surface area contributed by atoms with Crippen molar-refractivity contribution in [1.82, 2.24) is 4.57 Å². The van der Waals surface area contributed by atoms with E-state index >= 15 is 0 Å². The summed E-state index contributed by atoms with van der Waals surface area (Å²) in [4.78, 5) is 14.9. The molecule has 0 aliphatic heterocycles. The number of hydrogen-bond acceptors (Lipinski definition) is 3. The molecule has 4 aromatic rings. The van der Waals surface area contributed by atoms with Crippen molar-refractivity contribution in [3.63, 3.8) is 0 Å². The monoisotopic (exact) mass is 455 g/mol. The van der Waals surface area contributed by atoms with Gasteiger partial charge in [-0.2, -0.15) is 0 Å². The topological polar surface area (TPSA) is 31.2 Å². The van der Waals surface area contributed by atoms with E-state index in [-0.39, 0.29) is 5.97 Å². The first-order chi connectivity index (χ1) is 14.6. The largest absolute Gasteiger partial charge is 0.461 e. The molecule has 152 valence electrons. The molecule has 0 spiro atoms. The van der Waals surface area contributed by atoms with E-state index in [9.17, 15) is 4.79 Å². The number of halogens is 2. The average molecular weight is 456 g/mol. The lowest BCUT2D eigenvalue weighted by Crippen LogP contribution is -2.14. The van der Waals surface area contributed by atoms with Crippen LogP contribution in [0.4, 0.5) is 0 Å². The van der Waals surface area contributed by atoms with E-state index in [0.29, 0.717) is 28.9 Å². The summed E-state index contributed by atoms with van der Waals surface area (Å²) in [6.45, 7) is 2.60. The van der Waals surface area contributed by atoms with Gasteiger partial charge in [-0.25, -0.2) is 4.79 Å². The fraction of sp³-hybridized carbons (Fsp3) is 0.125. The standard InChI is InChI=1S/C24H19Cl2NO2S/c1-2-29-24(28)22-23(30-19-9-4-3-5-10-19)20-14-18(26)11-12-21(20)27(22)15-16-7-6-8-17(25)13-16/h3-14H,2,15H2,1H3. The van der Waals surface area contributed by atoms with Crippen LogP contribution in [0.3, 0.4) is 0 Å². The van der Waals surface area contributed by atoms with Crippen LogP contribution in [-0.4, -0.2) is 17.1 Å². The Morgan fingerprint density at radius 3 is 2.47 bits per heavy atom. The number of rotatable bonds is 6. The van der Waals surface area contributed by atoms with Crippen LogP contribution >= 0.6 is 35.0 Å². The summed E-state index contributed by atoms with van der Waals surface area (Å²) in [5.74, 6) is -0.356. The third-order valence-electron chi connectivity index (χ3n) is 4.64. The van der Waals surface area contributed by atoms with E-state index in [2.05, 4.69) is 0 Å². The van der Waals surface area contributed by atoms with Crippen molar-refractivity contribution in [3.05, 3.63) is 94.1 Å². The molecule has 0 bridgehead atoms. The molecule has 0 aliphatic carbocycles. The normalized spacial score (nSPS) is 11.0. The van der Waals surface area contributed by atoms with Crippen molar-refractivity contribution in [3.8, 4) is 0 Å². The second-order valence-electron chi connectivity index (χ2n) is 6.69. The molecular formula is C24H19Cl2NO2S. The number of carbonyl (C=O) groups is 1. The molecule has 0 fully saturated rings. The van der Waals surface area contributed by atoms with Crippen LogP contribution in [0.5, 0.6) is 0 Å². The molecule has 0 saturated carbocycles. The zero-order valence-corrected chi connectivity index (χ0v) is 18.6. The van der Waals surface area contributed by atoms with E-state index in [4.69, 9.17) is 27.9 Å². The van der Waals surface area contributed by atoms with Gasteiger partial charge in [-0.15, -0.1) is 0 Å². The maximum absolute atomic E-state index is 13.1. The summed E-state index contributed by atoms with van der Waals surface area (Å²) in [5, 5.41) is 2.19. The molecule has 1 aromatic heterocycles. The zero-order chi connectivity index (χ0) is 21.1. The van der Waals surface area contributed by atoms with Crippen LogP contribution in [0.2, 0.25) is 10.0 Å². The van der Waals surface area contributed by atoms with Crippen molar-refractivity contribution in [2.24, 2.45) is 0 Å². The maximum atomic E-state index is 13.1. The Bertz CT molecular complexity index is 1200. The molecule has 0 unspecified atom stereocenters. The Balaban J connectivity index is 1.94. The number of benzene rings is 3. The number of esters is 1. The Hall–Kier alpha value is -2.40. The SMILES string of the molecule is CCOC(=O)c1c(Sc2ccccc2)c2cc(Cl)ccc2n1Cc1cccc(Cl)c1. The van der Waals surface area contributed by atoms with E-state index in [1.165, 1.54) is 11.8 Å². The van der Waals surface area contributed by atoms with Crippen molar-refractivity contribution in [2.45, 2.75) is 23.3 Å². The highest BCUT2D eigenvalue weighted by Crippen LogP contribution is 2.40. The molecule has 1 heterocycles. The number of carbonyl (C=O) groups excluding carboxylic acids is 1. The van der Waals surface area contributed by atoms with Crippen LogP contribution < -0.4 is 0 Å². The number of hydrogen-bond donors (Lipinski definition) is 0. The lowest BCUT2D eigenvalue weighted by atomic mass is 10.2. The molecule has 6 heteroatoms. The van der Waals surface area contributed by atoms with Gasteiger partial charge < -0.3 is 9.30 Å². The van der Waals surface area contributed by atoms with Crippen molar-refractivity contribution < 1.29 is 9.53 Å². The van der Waals surface area contributed by atoms with Gasteiger partial charge in [-0.3, -0.25) is 0 Å². The highest BCUT2D eigenvalue weighted by atomic mass is 35.5. The fourth-order valence-corrected chi connectivity index (χ4v) is 4.87. The molecule has 0 aliphatic rings. The van der Waals surface area contributed by atoms with Gasteiger partial charge in [0.05, 0.1) is 17.0 Å². The maximum Gasteiger partial charge on any atom is 0.356 e. The van der Waals surface area contributed by atoms with Crippen molar-refractivity contribution in [1.29, 1.82) is 0 Å². The van der Waals surface area contributed by atoms with E-state index in [0.717, 1.165) is 26.3 Å². The first-order valence-electron chi connectivity index (χ1n) is 9.53. The molecule has 4 rings (SSSR count). The molecule has 30 heavy (non-hydrogen) atoms. The lowest BCUT2D eigenvalue weighted by Gasteiger charge is -2.12.